The number of aryl methyl sites for hydroxylation is 1. The third kappa shape index (κ3) is 7.42. The molecule has 0 saturated heterocycles. The number of hydrogen-bond acceptors (Lipinski definition) is 8. The van der Waals surface area contributed by atoms with Crippen molar-refractivity contribution in [2.24, 2.45) is 23.7 Å². The van der Waals surface area contributed by atoms with Crippen molar-refractivity contribution in [3.8, 4) is 11.8 Å². The van der Waals surface area contributed by atoms with Crippen molar-refractivity contribution in [1.29, 1.82) is 5.26 Å². The zero-order valence-corrected chi connectivity index (χ0v) is 25.3. The van der Waals surface area contributed by atoms with Crippen LogP contribution in [0.5, 0.6) is 5.75 Å². The van der Waals surface area contributed by atoms with E-state index in [1.807, 2.05) is 32.0 Å². The Hall–Kier alpha value is -1.95. The van der Waals surface area contributed by atoms with Crippen LogP contribution < -0.4 is 4.74 Å². The molecule has 0 aromatic heterocycles. The lowest BCUT2D eigenvalue weighted by molar-refractivity contribution is -0.141. The van der Waals surface area contributed by atoms with Crippen molar-refractivity contribution >= 4 is 35.5 Å². The molecule has 2 fully saturated rings. The zero-order chi connectivity index (χ0) is 27.9. The molecular weight excluding hydrogens is 530 g/mol. The maximum Gasteiger partial charge on any atom is 0.350 e. The van der Waals surface area contributed by atoms with E-state index in [-0.39, 0.29) is 30.2 Å². The molecule has 2 aliphatic carbocycles. The smallest absolute Gasteiger partial charge is 0.350 e. The molecule has 1 atom stereocenters. The first-order chi connectivity index (χ1) is 18.8. The molecule has 2 saturated carbocycles. The number of nitrogens with zero attached hydrogens (tertiary/aromatic N) is 1. The Kier molecular flexibility index (Phi) is 10.9. The molecule has 1 aliphatic heterocycles. The predicted molar refractivity (Wildman–Crippen MR) is 154 cm³/mol. The topological polar surface area (TPSA) is 85.6 Å². The number of fused-ring (bicyclic) bond motifs is 1. The zero-order valence-electron chi connectivity index (χ0n) is 23.6. The van der Waals surface area contributed by atoms with Crippen molar-refractivity contribution in [3.63, 3.8) is 0 Å². The Morgan fingerprint density at radius 1 is 1.03 bits per heavy atom. The Morgan fingerprint density at radius 2 is 1.67 bits per heavy atom. The van der Waals surface area contributed by atoms with Gasteiger partial charge in [-0.25, -0.2) is 4.79 Å². The molecule has 8 heteroatoms. The van der Waals surface area contributed by atoms with Gasteiger partial charge in [-0.15, -0.1) is 0 Å². The Morgan fingerprint density at radius 3 is 2.28 bits per heavy atom. The summed E-state index contributed by atoms with van der Waals surface area (Å²) in [4.78, 5) is 27.6. The number of esters is 2. The fraction of sp³-hybridized carbons (Fsp3) is 0.645. The van der Waals surface area contributed by atoms with E-state index < -0.39 is 5.97 Å². The van der Waals surface area contributed by atoms with Crippen molar-refractivity contribution in [2.45, 2.75) is 101 Å². The van der Waals surface area contributed by atoms with Crippen molar-refractivity contribution in [1.82, 2.24) is 0 Å². The van der Waals surface area contributed by atoms with Gasteiger partial charge in [0.15, 0.2) is 5.57 Å². The summed E-state index contributed by atoms with van der Waals surface area (Å²) >= 11 is 2.68. The highest BCUT2D eigenvalue weighted by Crippen LogP contribution is 2.57. The van der Waals surface area contributed by atoms with Gasteiger partial charge in [0.2, 0.25) is 0 Å². The summed E-state index contributed by atoms with van der Waals surface area (Å²) in [7, 11) is 1.61. The molecule has 39 heavy (non-hydrogen) atoms. The Bertz CT molecular complexity index is 1110. The molecular formula is C31H41NO5S2. The van der Waals surface area contributed by atoms with Crippen LogP contribution in [-0.4, -0.2) is 31.8 Å². The van der Waals surface area contributed by atoms with E-state index in [4.69, 9.17) is 14.2 Å². The Balaban J connectivity index is 1.37. The van der Waals surface area contributed by atoms with Crippen LogP contribution in [-0.2, 0) is 19.1 Å². The number of benzene rings is 1. The van der Waals surface area contributed by atoms with E-state index in [1.165, 1.54) is 55.6 Å². The molecule has 3 aliphatic rings. The van der Waals surface area contributed by atoms with Gasteiger partial charge in [0, 0.05) is 18.4 Å². The second kappa shape index (κ2) is 14.1. The summed E-state index contributed by atoms with van der Waals surface area (Å²) in [6.45, 7) is 6.36. The van der Waals surface area contributed by atoms with E-state index in [0.717, 1.165) is 58.8 Å². The summed E-state index contributed by atoms with van der Waals surface area (Å²) in [6, 6.07) is 5.78. The number of rotatable bonds is 9. The summed E-state index contributed by atoms with van der Waals surface area (Å²) in [5.41, 5.74) is 0.990. The van der Waals surface area contributed by atoms with Crippen LogP contribution >= 0.6 is 23.5 Å². The van der Waals surface area contributed by atoms with Crippen molar-refractivity contribution in [2.75, 3.05) is 13.7 Å². The van der Waals surface area contributed by atoms with E-state index >= 15 is 0 Å². The highest BCUT2D eigenvalue weighted by atomic mass is 32.2. The van der Waals surface area contributed by atoms with Gasteiger partial charge in [0.05, 0.1) is 27.8 Å². The highest BCUT2D eigenvalue weighted by molar-refractivity contribution is 8.24. The standard InChI is InChI=1S/C31H41NO5S2/c1-5-21-7-9-22(10-8-21)23-11-13-24(14-12-23)29(33)37-26-15-6-19(2)27-28(26)39-31(38-27)25(18-32)30(34)36-17-16-20(3)35-4/h6,15,20-24H,5,7-14,16-17H2,1-4H3/b31-25+. The van der Waals surface area contributed by atoms with Crippen LogP contribution in [0.4, 0.5) is 0 Å². The SMILES string of the molecule is CCC1CCC(C2CCC(C(=O)Oc3ccc(C)c4c3S/C(=C(\C#N)C(=O)OCCC(C)OC)S4)CC2)CC1. The molecule has 0 radical (unpaired) electrons. The van der Waals surface area contributed by atoms with Gasteiger partial charge in [0.25, 0.3) is 0 Å². The van der Waals surface area contributed by atoms with E-state index in [2.05, 4.69) is 6.92 Å². The molecule has 0 amide bonds. The summed E-state index contributed by atoms with van der Waals surface area (Å²) in [5.74, 6) is 2.12. The molecule has 4 rings (SSSR count). The quantitative estimate of drug-likeness (QED) is 0.128. The lowest BCUT2D eigenvalue weighted by atomic mass is 9.69. The first-order valence-electron chi connectivity index (χ1n) is 14.4. The van der Waals surface area contributed by atoms with Crippen molar-refractivity contribution in [3.05, 3.63) is 27.5 Å². The molecule has 6 nitrogen and oxygen atoms in total. The van der Waals surface area contributed by atoms with Gasteiger partial charge in [-0.05, 0) is 81.8 Å². The number of carbonyl (C=O) groups excluding carboxylic acids is 2. The fourth-order valence-corrected chi connectivity index (χ4v) is 8.66. The number of thioether (sulfide) groups is 2. The van der Waals surface area contributed by atoms with Crippen LogP contribution in [0.2, 0.25) is 0 Å². The van der Waals surface area contributed by atoms with Gasteiger partial charge in [-0.3, -0.25) is 4.79 Å². The monoisotopic (exact) mass is 571 g/mol. The van der Waals surface area contributed by atoms with Gasteiger partial charge >= 0.3 is 11.9 Å². The number of methoxy groups -OCH3 is 1. The summed E-state index contributed by atoms with van der Waals surface area (Å²) in [6.07, 6.45) is 11.3. The molecule has 0 spiro atoms. The van der Waals surface area contributed by atoms with Gasteiger partial charge < -0.3 is 14.2 Å². The number of nitriles is 1. The lowest BCUT2D eigenvalue weighted by Crippen LogP contribution is -2.30. The molecule has 0 bridgehead atoms. The minimum atomic E-state index is -0.639. The van der Waals surface area contributed by atoms with E-state index in [0.29, 0.717) is 16.4 Å². The summed E-state index contributed by atoms with van der Waals surface area (Å²) < 4.78 is 17.1. The molecule has 1 unspecified atom stereocenters. The first-order valence-corrected chi connectivity index (χ1v) is 16.0. The average molecular weight is 572 g/mol. The first kappa shape index (κ1) is 30.0. The number of ether oxygens (including phenoxy) is 3. The fourth-order valence-electron chi connectivity index (χ4n) is 6.02. The van der Waals surface area contributed by atoms with Crippen LogP contribution in [0, 0.1) is 41.9 Å². The van der Waals surface area contributed by atoms with Crippen LogP contribution in [0.3, 0.4) is 0 Å². The second-order valence-corrected chi connectivity index (χ2v) is 13.5. The van der Waals surface area contributed by atoms with Crippen LogP contribution in [0.15, 0.2) is 31.7 Å². The molecule has 1 heterocycles. The second-order valence-electron chi connectivity index (χ2n) is 11.2. The van der Waals surface area contributed by atoms with Crippen LogP contribution in [0.25, 0.3) is 0 Å². The van der Waals surface area contributed by atoms with E-state index in [1.54, 1.807) is 7.11 Å². The highest BCUT2D eigenvalue weighted by Gasteiger charge is 2.35. The van der Waals surface area contributed by atoms with E-state index in [9.17, 15) is 14.9 Å². The van der Waals surface area contributed by atoms with Crippen LogP contribution in [0.1, 0.15) is 83.6 Å². The van der Waals surface area contributed by atoms with Gasteiger partial charge in [0.1, 0.15) is 11.8 Å². The molecule has 1 aromatic carbocycles. The predicted octanol–water partition coefficient (Wildman–Crippen LogP) is 7.82. The third-order valence-electron chi connectivity index (χ3n) is 8.79. The Labute approximate surface area is 241 Å². The number of hydrogen-bond donors (Lipinski definition) is 0. The number of carbonyl (C=O) groups is 2. The minimum Gasteiger partial charge on any atom is -0.461 e. The minimum absolute atomic E-state index is 0.0192. The maximum atomic E-state index is 13.2. The summed E-state index contributed by atoms with van der Waals surface area (Å²) in [5, 5.41) is 9.74. The molecule has 1 aromatic rings. The molecule has 0 N–H and O–H groups in total. The van der Waals surface area contributed by atoms with Gasteiger partial charge in [-0.2, -0.15) is 5.26 Å². The lowest BCUT2D eigenvalue weighted by Gasteiger charge is -2.37. The molecule has 212 valence electrons. The average Bonchev–Trinajstić information content (AvgIpc) is 3.41. The largest absolute Gasteiger partial charge is 0.461 e. The third-order valence-corrected chi connectivity index (χ3v) is 11.5. The van der Waals surface area contributed by atoms with Gasteiger partial charge in [-0.1, -0.05) is 55.8 Å². The maximum absolute atomic E-state index is 13.2. The van der Waals surface area contributed by atoms with Crippen molar-refractivity contribution < 1.29 is 23.8 Å². The normalized spacial score (nSPS) is 26.7.